The molecule has 0 unspecified atom stereocenters. The van der Waals surface area contributed by atoms with Crippen LogP contribution in [0.15, 0.2) is 24.5 Å². The summed E-state index contributed by atoms with van der Waals surface area (Å²) in [5.74, 6) is -0.497. The summed E-state index contributed by atoms with van der Waals surface area (Å²) in [5, 5.41) is 14.5. The van der Waals surface area contributed by atoms with Crippen LogP contribution in [0.3, 0.4) is 0 Å². The van der Waals surface area contributed by atoms with Crippen LogP contribution in [-0.2, 0) is 9.53 Å². The SMILES string of the molecule is CCC(=O)NC[C@H]1CN(c2ccc(N3CCC(n4ncnn4)CC3)c(F)c2)C(=O)O1. The lowest BCUT2D eigenvalue weighted by atomic mass is 10.0. The van der Waals surface area contributed by atoms with E-state index in [2.05, 4.69) is 20.7 Å². The molecule has 1 N–H and O–H groups in total. The maximum absolute atomic E-state index is 14.9. The average molecular weight is 417 g/mol. The number of halogens is 1. The highest BCUT2D eigenvalue weighted by molar-refractivity contribution is 5.90. The quantitative estimate of drug-likeness (QED) is 0.759. The number of aromatic nitrogens is 4. The van der Waals surface area contributed by atoms with Gasteiger partial charge >= 0.3 is 6.09 Å². The number of hydrogen-bond donors (Lipinski definition) is 1. The van der Waals surface area contributed by atoms with E-state index < -0.39 is 12.2 Å². The van der Waals surface area contributed by atoms with Crippen molar-refractivity contribution in [2.45, 2.75) is 38.3 Å². The lowest BCUT2D eigenvalue weighted by Gasteiger charge is -2.33. The molecule has 2 aliphatic heterocycles. The van der Waals surface area contributed by atoms with E-state index in [-0.39, 0.29) is 30.9 Å². The minimum atomic E-state index is -0.543. The Morgan fingerprint density at radius 1 is 1.33 bits per heavy atom. The molecule has 2 aliphatic rings. The molecule has 0 radical (unpaired) electrons. The molecule has 0 saturated carbocycles. The van der Waals surface area contributed by atoms with Crippen molar-refractivity contribution in [2.24, 2.45) is 0 Å². The summed E-state index contributed by atoms with van der Waals surface area (Å²) in [6.07, 6.45) is 2.36. The van der Waals surface area contributed by atoms with Crippen LogP contribution in [0.5, 0.6) is 0 Å². The van der Waals surface area contributed by atoms with Crippen molar-refractivity contribution in [3.8, 4) is 0 Å². The van der Waals surface area contributed by atoms with Gasteiger partial charge in [0.05, 0.1) is 30.5 Å². The zero-order valence-corrected chi connectivity index (χ0v) is 16.7. The first-order valence-electron chi connectivity index (χ1n) is 10.1. The van der Waals surface area contributed by atoms with Crippen LogP contribution in [0.4, 0.5) is 20.6 Å². The molecule has 2 fully saturated rings. The van der Waals surface area contributed by atoms with Gasteiger partial charge in [-0.15, -0.1) is 10.2 Å². The van der Waals surface area contributed by atoms with Crippen molar-refractivity contribution in [1.82, 2.24) is 25.5 Å². The van der Waals surface area contributed by atoms with Crippen molar-refractivity contribution >= 4 is 23.4 Å². The maximum atomic E-state index is 14.9. The molecule has 1 atom stereocenters. The smallest absolute Gasteiger partial charge is 0.414 e. The van der Waals surface area contributed by atoms with Crippen molar-refractivity contribution in [1.29, 1.82) is 0 Å². The number of anilines is 2. The van der Waals surface area contributed by atoms with Gasteiger partial charge in [0.2, 0.25) is 5.91 Å². The average Bonchev–Trinajstić information content (AvgIpc) is 3.42. The Morgan fingerprint density at radius 3 is 2.80 bits per heavy atom. The predicted molar refractivity (Wildman–Crippen MR) is 106 cm³/mol. The number of hydrogen-bond acceptors (Lipinski definition) is 7. The number of tetrazole rings is 1. The van der Waals surface area contributed by atoms with E-state index >= 15 is 0 Å². The summed E-state index contributed by atoms with van der Waals surface area (Å²) >= 11 is 0. The molecule has 3 heterocycles. The molecular formula is C19H24FN7O3. The number of benzene rings is 1. The van der Waals surface area contributed by atoms with Crippen LogP contribution in [0.1, 0.15) is 32.2 Å². The van der Waals surface area contributed by atoms with Crippen LogP contribution < -0.4 is 15.1 Å². The highest BCUT2D eigenvalue weighted by atomic mass is 19.1. The number of cyclic esters (lactones) is 1. The first-order chi connectivity index (χ1) is 14.5. The molecule has 2 aromatic rings. The number of nitrogens with one attached hydrogen (secondary N) is 1. The van der Waals surface area contributed by atoms with Gasteiger partial charge in [-0.1, -0.05) is 6.92 Å². The second-order valence-corrected chi connectivity index (χ2v) is 7.38. The second kappa shape index (κ2) is 8.64. The fourth-order valence-electron chi connectivity index (χ4n) is 3.79. The number of carbonyl (C=O) groups excluding carboxylic acids is 2. The third-order valence-electron chi connectivity index (χ3n) is 5.46. The number of piperidine rings is 1. The van der Waals surface area contributed by atoms with Gasteiger partial charge < -0.3 is 15.0 Å². The van der Waals surface area contributed by atoms with Crippen LogP contribution in [-0.4, -0.2) is 64.5 Å². The minimum Gasteiger partial charge on any atom is -0.442 e. The van der Waals surface area contributed by atoms with Crippen molar-refractivity contribution in [3.05, 3.63) is 30.3 Å². The molecule has 1 aromatic carbocycles. The summed E-state index contributed by atoms with van der Waals surface area (Å²) in [5.41, 5.74) is 0.940. The van der Waals surface area contributed by atoms with Gasteiger partial charge in [-0.2, -0.15) is 4.80 Å². The molecule has 4 rings (SSSR count). The van der Waals surface area contributed by atoms with E-state index in [4.69, 9.17) is 4.74 Å². The van der Waals surface area contributed by atoms with Crippen LogP contribution >= 0.6 is 0 Å². The molecule has 0 spiro atoms. The molecular weight excluding hydrogens is 393 g/mol. The molecule has 30 heavy (non-hydrogen) atoms. The predicted octanol–water partition coefficient (Wildman–Crippen LogP) is 1.51. The van der Waals surface area contributed by atoms with Crippen molar-refractivity contribution in [3.63, 3.8) is 0 Å². The summed E-state index contributed by atoms with van der Waals surface area (Å²) in [6, 6.07) is 4.93. The van der Waals surface area contributed by atoms with Crippen molar-refractivity contribution in [2.75, 3.05) is 36.0 Å². The van der Waals surface area contributed by atoms with E-state index in [9.17, 15) is 14.0 Å². The maximum Gasteiger partial charge on any atom is 0.414 e. The fourth-order valence-corrected chi connectivity index (χ4v) is 3.79. The molecule has 2 amide bonds. The summed E-state index contributed by atoms with van der Waals surface area (Å²) < 4.78 is 20.1. The Hall–Kier alpha value is -3.24. The fraction of sp³-hybridized carbons (Fsp3) is 0.526. The summed E-state index contributed by atoms with van der Waals surface area (Å²) in [6.45, 7) is 3.60. The summed E-state index contributed by atoms with van der Waals surface area (Å²) in [7, 11) is 0. The molecule has 0 aliphatic carbocycles. The monoisotopic (exact) mass is 417 g/mol. The van der Waals surface area contributed by atoms with Crippen molar-refractivity contribution < 1.29 is 18.7 Å². The van der Waals surface area contributed by atoms with Gasteiger partial charge in [0, 0.05) is 19.5 Å². The largest absolute Gasteiger partial charge is 0.442 e. The number of amides is 2. The van der Waals surface area contributed by atoms with Crippen LogP contribution in [0.2, 0.25) is 0 Å². The third kappa shape index (κ3) is 4.19. The van der Waals surface area contributed by atoms with E-state index in [0.29, 0.717) is 30.9 Å². The molecule has 10 nitrogen and oxygen atoms in total. The van der Waals surface area contributed by atoms with Gasteiger partial charge in [-0.05, 0) is 36.3 Å². The van der Waals surface area contributed by atoms with Gasteiger partial charge in [0.15, 0.2) is 6.33 Å². The normalized spacial score (nSPS) is 19.8. The zero-order chi connectivity index (χ0) is 21.1. The van der Waals surface area contributed by atoms with Gasteiger partial charge in [-0.25, -0.2) is 9.18 Å². The molecule has 11 heteroatoms. The van der Waals surface area contributed by atoms with Crippen LogP contribution in [0.25, 0.3) is 0 Å². The molecule has 0 bridgehead atoms. The molecule has 1 aromatic heterocycles. The lowest BCUT2D eigenvalue weighted by Crippen LogP contribution is -2.36. The topological polar surface area (TPSA) is 105 Å². The second-order valence-electron chi connectivity index (χ2n) is 7.38. The Balaban J connectivity index is 1.38. The molecule has 160 valence electrons. The lowest BCUT2D eigenvalue weighted by molar-refractivity contribution is -0.121. The number of nitrogens with zero attached hydrogens (tertiary/aromatic N) is 6. The Labute approximate surface area is 173 Å². The summed E-state index contributed by atoms with van der Waals surface area (Å²) in [4.78, 5) is 28.6. The third-order valence-corrected chi connectivity index (χ3v) is 5.46. The Morgan fingerprint density at radius 2 is 2.13 bits per heavy atom. The van der Waals surface area contributed by atoms with Gasteiger partial charge in [0.25, 0.3) is 0 Å². The zero-order valence-electron chi connectivity index (χ0n) is 16.7. The first-order valence-corrected chi connectivity index (χ1v) is 10.1. The molecule has 2 saturated heterocycles. The van der Waals surface area contributed by atoms with Gasteiger partial charge in [-0.3, -0.25) is 9.69 Å². The Bertz CT molecular complexity index is 900. The standard InChI is InChI=1S/C19H24FN7O3/c1-2-18(28)21-10-15-11-26(19(29)30-15)14-3-4-17(16(20)9-14)25-7-5-13(6-8-25)27-23-12-22-24-27/h3-4,9,12-13,15H,2,5-8,10-11H2,1H3,(H,21,28)/t15-/m0/s1. The number of ether oxygens (including phenoxy) is 1. The van der Waals surface area contributed by atoms with Gasteiger partial charge in [0.1, 0.15) is 11.9 Å². The highest BCUT2D eigenvalue weighted by Crippen LogP contribution is 2.31. The van der Waals surface area contributed by atoms with E-state index in [1.54, 1.807) is 23.9 Å². The number of rotatable bonds is 6. The first kappa shape index (κ1) is 20.0. The highest BCUT2D eigenvalue weighted by Gasteiger charge is 2.33. The van der Waals surface area contributed by atoms with E-state index in [1.807, 2.05) is 4.90 Å². The Kier molecular flexibility index (Phi) is 5.77. The van der Waals surface area contributed by atoms with E-state index in [0.717, 1.165) is 12.8 Å². The van der Waals surface area contributed by atoms with E-state index in [1.165, 1.54) is 17.3 Å². The van der Waals surface area contributed by atoms with Crippen LogP contribution in [0, 0.1) is 5.82 Å². The minimum absolute atomic E-state index is 0.108. The number of carbonyl (C=O) groups is 2.